The number of hydrogen-bond acceptors (Lipinski definition) is 10. The first-order valence-corrected chi connectivity index (χ1v) is 23.4. The van der Waals surface area contributed by atoms with Crippen LogP contribution in [0.15, 0.2) is 68.3 Å². The van der Waals surface area contributed by atoms with Crippen molar-refractivity contribution in [2.75, 3.05) is 0 Å². The van der Waals surface area contributed by atoms with Gasteiger partial charge in [0.15, 0.2) is 0 Å². The first-order valence-electron chi connectivity index (χ1n) is 15.2. The minimum Gasteiger partial charge on any atom is -0.131 e. The quantitative estimate of drug-likeness (QED) is 0.272. The summed E-state index contributed by atoms with van der Waals surface area (Å²) in [5, 5.41) is 0. The second-order valence-electron chi connectivity index (χ2n) is 11.4. The number of rotatable bonds is 2. The fourth-order valence-corrected chi connectivity index (χ4v) is 17.7. The van der Waals surface area contributed by atoms with Crippen molar-refractivity contribution in [2.45, 2.75) is 74.7 Å². The van der Waals surface area contributed by atoms with Gasteiger partial charge in [-0.2, -0.15) is 0 Å². The smallest absolute Gasteiger partial charge is 0.0781 e. The summed E-state index contributed by atoms with van der Waals surface area (Å²) in [4.78, 5) is 15.8. The van der Waals surface area contributed by atoms with E-state index in [1.54, 1.807) is 0 Å². The van der Waals surface area contributed by atoms with Gasteiger partial charge in [-0.05, 0) is 129 Å². The van der Waals surface area contributed by atoms with Crippen LogP contribution in [-0.2, 0) is 0 Å². The van der Waals surface area contributed by atoms with Gasteiger partial charge in [0.1, 0.15) is 0 Å². The van der Waals surface area contributed by atoms with Crippen molar-refractivity contribution in [1.29, 1.82) is 0 Å². The number of aryl methyl sites for hydroxylation is 2. The first kappa shape index (κ1) is 34.9. The Morgan fingerprint density at radius 1 is 0.426 bits per heavy atom. The highest BCUT2D eigenvalue weighted by molar-refractivity contribution is 8.35. The van der Waals surface area contributed by atoms with E-state index in [1.165, 1.54) is 94.6 Å². The van der Waals surface area contributed by atoms with Gasteiger partial charge in [-0.3, -0.25) is 0 Å². The third-order valence-electron chi connectivity index (χ3n) is 8.13. The second kappa shape index (κ2) is 14.6. The van der Waals surface area contributed by atoms with E-state index in [0.29, 0.717) is 0 Å². The van der Waals surface area contributed by atoms with Crippen LogP contribution in [0.4, 0.5) is 0 Å². The average molecular weight is 797 g/mol. The summed E-state index contributed by atoms with van der Waals surface area (Å²) < 4.78 is 5.60. The lowest BCUT2D eigenvalue weighted by Gasteiger charge is -2.07. The Hall–Kier alpha value is -0.500. The molecule has 1 aliphatic carbocycles. The lowest BCUT2D eigenvalue weighted by molar-refractivity contribution is 0.941. The molecule has 4 aliphatic heterocycles. The molecule has 5 aliphatic rings. The van der Waals surface area contributed by atoms with Crippen molar-refractivity contribution < 1.29 is 0 Å². The van der Waals surface area contributed by atoms with E-state index < -0.39 is 0 Å². The molecule has 0 atom stereocenters. The Kier molecular flexibility index (Phi) is 10.9. The second-order valence-corrected chi connectivity index (χ2v) is 24.4. The molecule has 47 heavy (non-hydrogen) atoms. The lowest BCUT2D eigenvalue weighted by atomic mass is 9.97. The molecule has 0 amide bonds. The number of thioether (sulfide) groups is 8. The molecule has 0 saturated heterocycles. The Balaban J connectivity index is 1.09. The van der Waals surface area contributed by atoms with Crippen LogP contribution in [0.5, 0.6) is 0 Å². The molecule has 0 unspecified atom stereocenters. The summed E-state index contributed by atoms with van der Waals surface area (Å²) in [6, 6.07) is 4.71. The van der Waals surface area contributed by atoms with Gasteiger partial charge in [0.25, 0.3) is 0 Å². The molecular formula is C37H32S10. The maximum Gasteiger partial charge on any atom is 0.0781 e. The van der Waals surface area contributed by atoms with Gasteiger partial charge in [0.05, 0.1) is 36.5 Å². The lowest BCUT2D eigenvalue weighted by Crippen LogP contribution is -1.86. The summed E-state index contributed by atoms with van der Waals surface area (Å²) in [6.07, 6.45) is 3.47. The summed E-state index contributed by atoms with van der Waals surface area (Å²) >= 11 is 18.8. The molecule has 2 aromatic heterocycles. The predicted molar refractivity (Wildman–Crippen MR) is 229 cm³/mol. The Morgan fingerprint density at radius 3 is 1.15 bits per heavy atom. The van der Waals surface area contributed by atoms with E-state index in [9.17, 15) is 0 Å². The Bertz CT molecular complexity index is 1910. The Labute approximate surface area is 321 Å². The molecule has 0 fully saturated rings. The van der Waals surface area contributed by atoms with Crippen LogP contribution in [0.1, 0.15) is 91.4 Å². The zero-order chi connectivity index (χ0) is 33.0. The first-order chi connectivity index (χ1) is 22.5. The fraction of sp³-hybridized carbons (Fsp3) is 0.297. The van der Waals surface area contributed by atoms with Crippen LogP contribution in [-0.4, -0.2) is 0 Å². The van der Waals surface area contributed by atoms with Gasteiger partial charge in [-0.15, -0.1) is 22.7 Å². The highest BCUT2D eigenvalue weighted by atomic mass is 32.2. The van der Waals surface area contributed by atoms with E-state index in [-0.39, 0.29) is 0 Å². The minimum absolute atomic E-state index is 1.13. The standard InChI is InChI=1S/C37H32S10/c1-18-19(2)41-34(40-18)36-44-24(7)32(46-36)14-12-26-16-30(22(5)38-26)28-10-9-11-29(28)31-17-27(39-23(31)6)13-15-33-25(8)45-37(47-33)35-42-20(3)21(4)43-35/h16-17H,9-11H2,1-8H3. The molecule has 6 heterocycles. The van der Waals surface area contributed by atoms with Crippen LogP contribution in [0.25, 0.3) is 11.1 Å². The molecule has 0 saturated carbocycles. The highest BCUT2D eigenvalue weighted by Crippen LogP contribution is 2.60. The SMILES string of the molecule is CC1=C(C)SC(=C2SC(C)=C(C#Cc3cc(C4=C(c5cc(C#CC6=C(C)SC(=C7SC(C)=C(C)S7)S6)sc5C)CCC4)c(C)s3)S2)S1. The average Bonchev–Trinajstić information content (AvgIpc) is 3.88. The van der Waals surface area contributed by atoms with E-state index in [0.717, 1.165) is 22.6 Å². The highest BCUT2D eigenvalue weighted by Gasteiger charge is 2.27. The molecule has 0 bridgehead atoms. The summed E-state index contributed by atoms with van der Waals surface area (Å²) in [5.41, 5.74) is 5.81. The summed E-state index contributed by atoms with van der Waals surface area (Å²) in [5.74, 6) is 14.2. The van der Waals surface area contributed by atoms with Crippen molar-refractivity contribution >= 4 is 128 Å². The largest absolute Gasteiger partial charge is 0.131 e. The van der Waals surface area contributed by atoms with Crippen molar-refractivity contribution in [3.63, 3.8) is 0 Å². The molecule has 10 heteroatoms. The number of allylic oxidation sites excluding steroid dienone is 10. The zero-order valence-electron chi connectivity index (χ0n) is 27.4. The van der Waals surface area contributed by atoms with Crippen molar-refractivity contribution in [1.82, 2.24) is 0 Å². The van der Waals surface area contributed by atoms with Gasteiger partial charge in [0, 0.05) is 19.6 Å². The van der Waals surface area contributed by atoms with Crippen molar-refractivity contribution in [3.05, 3.63) is 99.0 Å². The molecule has 0 aromatic carbocycles. The molecule has 7 rings (SSSR count). The van der Waals surface area contributed by atoms with E-state index in [1.807, 2.05) is 117 Å². The van der Waals surface area contributed by atoms with Crippen LogP contribution in [0.3, 0.4) is 0 Å². The van der Waals surface area contributed by atoms with Crippen molar-refractivity contribution in [2.24, 2.45) is 0 Å². The van der Waals surface area contributed by atoms with Gasteiger partial charge >= 0.3 is 0 Å². The van der Waals surface area contributed by atoms with Gasteiger partial charge in [-0.1, -0.05) is 118 Å². The van der Waals surface area contributed by atoms with Crippen LogP contribution < -0.4 is 0 Å². The predicted octanol–water partition coefficient (Wildman–Crippen LogP) is 15.4. The molecule has 0 N–H and O–H groups in total. The number of thiophene rings is 2. The summed E-state index contributed by atoms with van der Waals surface area (Å²) in [7, 11) is 0. The van der Waals surface area contributed by atoms with Gasteiger partial charge in [-0.25, -0.2) is 0 Å². The monoisotopic (exact) mass is 796 g/mol. The maximum absolute atomic E-state index is 3.55. The molecule has 0 spiro atoms. The molecule has 0 nitrogen and oxygen atoms in total. The zero-order valence-corrected chi connectivity index (χ0v) is 35.5. The normalized spacial score (nSPS) is 20.2. The fourth-order valence-electron chi connectivity index (χ4n) is 5.45. The minimum atomic E-state index is 1.13. The maximum atomic E-state index is 3.55. The molecule has 0 radical (unpaired) electrons. The van der Waals surface area contributed by atoms with Gasteiger partial charge in [0.2, 0.25) is 0 Å². The summed E-state index contributed by atoms with van der Waals surface area (Å²) in [6.45, 7) is 17.8. The molecular weight excluding hydrogens is 765 g/mol. The third-order valence-corrected chi connectivity index (χ3v) is 21.4. The molecule has 240 valence electrons. The van der Waals surface area contributed by atoms with Crippen LogP contribution in [0, 0.1) is 37.5 Å². The van der Waals surface area contributed by atoms with E-state index in [2.05, 4.69) is 91.2 Å². The Morgan fingerprint density at radius 2 is 0.766 bits per heavy atom. The van der Waals surface area contributed by atoms with Crippen LogP contribution in [0.2, 0.25) is 0 Å². The third kappa shape index (κ3) is 7.45. The number of hydrogen-bond donors (Lipinski definition) is 0. The molecule has 2 aromatic rings. The van der Waals surface area contributed by atoms with Gasteiger partial charge < -0.3 is 0 Å². The topological polar surface area (TPSA) is 0 Å². The van der Waals surface area contributed by atoms with Crippen LogP contribution >= 0.6 is 117 Å². The van der Waals surface area contributed by atoms with E-state index >= 15 is 0 Å². The van der Waals surface area contributed by atoms with E-state index in [4.69, 9.17) is 0 Å². The van der Waals surface area contributed by atoms with Crippen molar-refractivity contribution in [3.8, 4) is 23.7 Å².